The van der Waals surface area contributed by atoms with Crippen molar-refractivity contribution >= 4 is 11.8 Å². The average molecular weight is 608 g/mol. The van der Waals surface area contributed by atoms with Crippen molar-refractivity contribution in [2.24, 2.45) is 0 Å². The SMILES string of the molecule is CCCN(CCC)C(=O)CCC(C(=O)N[C@H](Cc1cc(F)cc(F)c1)[C@@H](O)CNCc1cccc(CC)c1)c1ccccc1. The number of aliphatic hydroxyl groups is 1. The molecule has 238 valence electrons. The summed E-state index contributed by atoms with van der Waals surface area (Å²) < 4.78 is 28.1. The predicted molar refractivity (Wildman–Crippen MR) is 171 cm³/mol. The largest absolute Gasteiger partial charge is 0.390 e. The Kier molecular flexibility index (Phi) is 14.5. The van der Waals surface area contributed by atoms with E-state index < -0.39 is 29.7 Å². The minimum absolute atomic E-state index is 0.00518. The maximum Gasteiger partial charge on any atom is 0.227 e. The van der Waals surface area contributed by atoms with Gasteiger partial charge in [-0.15, -0.1) is 0 Å². The van der Waals surface area contributed by atoms with E-state index in [9.17, 15) is 23.5 Å². The Morgan fingerprint density at radius 1 is 0.841 bits per heavy atom. The molecular formula is C36H47F2N3O3. The molecule has 2 amide bonds. The van der Waals surface area contributed by atoms with Gasteiger partial charge in [-0.3, -0.25) is 9.59 Å². The van der Waals surface area contributed by atoms with E-state index in [1.807, 2.05) is 61.2 Å². The molecule has 6 nitrogen and oxygen atoms in total. The van der Waals surface area contributed by atoms with Crippen LogP contribution in [0.25, 0.3) is 0 Å². The number of nitrogens with zero attached hydrogens (tertiary/aromatic N) is 1. The topological polar surface area (TPSA) is 81.7 Å². The van der Waals surface area contributed by atoms with Crippen LogP contribution in [-0.2, 0) is 29.0 Å². The first-order valence-electron chi connectivity index (χ1n) is 15.8. The minimum Gasteiger partial charge on any atom is -0.390 e. The summed E-state index contributed by atoms with van der Waals surface area (Å²) in [6.07, 6.45) is 2.09. The van der Waals surface area contributed by atoms with Gasteiger partial charge in [0.25, 0.3) is 0 Å². The van der Waals surface area contributed by atoms with Crippen molar-refractivity contribution in [1.29, 1.82) is 0 Å². The summed E-state index contributed by atoms with van der Waals surface area (Å²) in [7, 11) is 0. The number of hydrogen-bond acceptors (Lipinski definition) is 4. The van der Waals surface area contributed by atoms with Crippen LogP contribution in [0.4, 0.5) is 8.78 Å². The number of nitrogens with one attached hydrogen (secondary N) is 2. The lowest BCUT2D eigenvalue weighted by Gasteiger charge is -2.28. The van der Waals surface area contributed by atoms with Crippen molar-refractivity contribution < 1.29 is 23.5 Å². The van der Waals surface area contributed by atoms with Crippen LogP contribution in [0.3, 0.4) is 0 Å². The molecule has 0 aliphatic heterocycles. The predicted octanol–water partition coefficient (Wildman–Crippen LogP) is 5.92. The number of aryl methyl sites for hydroxylation is 1. The zero-order chi connectivity index (χ0) is 31.9. The molecule has 8 heteroatoms. The van der Waals surface area contributed by atoms with Gasteiger partial charge in [0.05, 0.1) is 18.1 Å². The summed E-state index contributed by atoms with van der Waals surface area (Å²) in [6.45, 7) is 8.15. The molecule has 3 aromatic rings. The molecule has 1 unspecified atom stereocenters. The average Bonchev–Trinajstić information content (AvgIpc) is 3.00. The number of carbonyl (C=O) groups is 2. The second kappa shape index (κ2) is 18.2. The summed E-state index contributed by atoms with van der Waals surface area (Å²) in [5, 5.41) is 17.5. The lowest BCUT2D eigenvalue weighted by molar-refractivity contribution is -0.131. The highest BCUT2D eigenvalue weighted by molar-refractivity contribution is 5.85. The fourth-order valence-electron chi connectivity index (χ4n) is 5.48. The summed E-state index contributed by atoms with van der Waals surface area (Å²) in [5.41, 5.74) is 3.36. The normalized spacial score (nSPS) is 13.2. The third-order valence-electron chi connectivity index (χ3n) is 7.76. The highest BCUT2D eigenvalue weighted by Gasteiger charge is 2.28. The van der Waals surface area contributed by atoms with E-state index in [0.29, 0.717) is 31.6 Å². The summed E-state index contributed by atoms with van der Waals surface area (Å²) in [5.74, 6) is -2.44. The number of halogens is 2. The van der Waals surface area contributed by atoms with Crippen LogP contribution in [0.2, 0.25) is 0 Å². The van der Waals surface area contributed by atoms with Crippen LogP contribution in [0.1, 0.15) is 74.6 Å². The Morgan fingerprint density at radius 3 is 2.14 bits per heavy atom. The first kappa shape index (κ1) is 34.9. The van der Waals surface area contributed by atoms with Gasteiger partial charge in [0.1, 0.15) is 11.6 Å². The van der Waals surface area contributed by atoms with Crippen LogP contribution >= 0.6 is 0 Å². The minimum atomic E-state index is -1.05. The van der Waals surface area contributed by atoms with Gasteiger partial charge in [0.15, 0.2) is 0 Å². The molecule has 0 heterocycles. The van der Waals surface area contributed by atoms with Crippen LogP contribution in [-0.4, -0.2) is 53.6 Å². The van der Waals surface area contributed by atoms with Gasteiger partial charge in [0, 0.05) is 38.7 Å². The fourth-order valence-corrected chi connectivity index (χ4v) is 5.48. The number of aliphatic hydroxyl groups excluding tert-OH is 1. The van der Waals surface area contributed by atoms with E-state index >= 15 is 0 Å². The molecule has 0 aromatic heterocycles. The third kappa shape index (κ3) is 11.1. The standard InChI is InChI=1S/C36H47F2N3O3/c1-4-17-41(18-5-2)35(43)16-15-32(29-13-8-7-9-14-29)36(44)40-33(22-28-20-30(37)23-31(38)21-28)34(42)25-39-24-27-12-10-11-26(6-3)19-27/h7-14,19-21,23,32-34,39,42H,4-6,15-18,22,24-25H2,1-3H3,(H,40,44)/t32?,33-,34+/m1/s1. The molecule has 0 bridgehead atoms. The molecule has 3 N–H and O–H groups in total. The van der Waals surface area contributed by atoms with Crippen molar-refractivity contribution in [3.63, 3.8) is 0 Å². The van der Waals surface area contributed by atoms with Crippen LogP contribution < -0.4 is 10.6 Å². The maximum atomic E-state index is 14.1. The zero-order valence-corrected chi connectivity index (χ0v) is 26.2. The van der Waals surface area contributed by atoms with Gasteiger partial charge in [0.2, 0.25) is 11.8 Å². The molecular weight excluding hydrogens is 560 g/mol. The van der Waals surface area contributed by atoms with E-state index in [4.69, 9.17) is 0 Å². The molecule has 0 fully saturated rings. The van der Waals surface area contributed by atoms with Crippen molar-refractivity contribution in [3.8, 4) is 0 Å². The fraction of sp³-hybridized carbons (Fsp3) is 0.444. The highest BCUT2D eigenvalue weighted by atomic mass is 19.1. The lowest BCUT2D eigenvalue weighted by Crippen LogP contribution is -2.50. The Bertz CT molecular complexity index is 1290. The second-order valence-electron chi connectivity index (χ2n) is 11.4. The molecule has 44 heavy (non-hydrogen) atoms. The summed E-state index contributed by atoms with van der Waals surface area (Å²) >= 11 is 0. The first-order chi connectivity index (χ1) is 21.2. The lowest BCUT2D eigenvalue weighted by atomic mass is 9.91. The molecule has 0 saturated carbocycles. The molecule has 3 atom stereocenters. The summed E-state index contributed by atoms with van der Waals surface area (Å²) in [4.78, 5) is 28.8. The van der Waals surface area contributed by atoms with E-state index in [1.165, 1.54) is 17.7 Å². The second-order valence-corrected chi connectivity index (χ2v) is 11.4. The first-order valence-corrected chi connectivity index (χ1v) is 15.8. The van der Waals surface area contributed by atoms with Gasteiger partial charge in [-0.05, 0) is 66.5 Å². The van der Waals surface area contributed by atoms with Crippen molar-refractivity contribution in [2.75, 3.05) is 19.6 Å². The number of carbonyl (C=O) groups excluding carboxylic acids is 2. The molecule has 0 radical (unpaired) electrons. The highest BCUT2D eigenvalue weighted by Crippen LogP contribution is 2.23. The van der Waals surface area contributed by atoms with Gasteiger partial charge in [-0.1, -0.05) is 75.4 Å². The van der Waals surface area contributed by atoms with Crippen molar-refractivity contribution in [1.82, 2.24) is 15.5 Å². The van der Waals surface area contributed by atoms with Gasteiger partial charge >= 0.3 is 0 Å². The Morgan fingerprint density at radius 2 is 1.50 bits per heavy atom. The quantitative estimate of drug-likeness (QED) is 0.168. The van der Waals surface area contributed by atoms with Gasteiger partial charge < -0.3 is 20.6 Å². The van der Waals surface area contributed by atoms with E-state index in [-0.39, 0.29) is 31.2 Å². The molecule has 0 aliphatic carbocycles. The van der Waals surface area contributed by atoms with Crippen molar-refractivity contribution in [3.05, 3.63) is 107 Å². The smallest absolute Gasteiger partial charge is 0.227 e. The van der Waals surface area contributed by atoms with Crippen molar-refractivity contribution in [2.45, 2.75) is 83.9 Å². The van der Waals surface area contributed by atoms with Crippen LogP contribution in [0.5, 0.6) is 0 Å². The Balaban J connectivity index is 1.78. The Labute approximate surface area is 260 Å². The van der Waals surface area contributed by atoms with Crippen LogP contribution in [0, 0.1) is 11.6 Å². The number of rotatable bonds is 18. The molecule has 0 aliphatic rings. The van der Waals surface area contributed by atoms with Gasteiger partial charge in [-0.25, -0.2) is 8.78 Å². The number of hydrogen-bond donors (Lipinski definition) is 3. The van der Waals surface area contributed by atoms with E-state index in [1.54, 1.807) is 0 Å². The molecule has 0 saturated heterocycles. The molecule has 3 aromatic carbocycles. The van der Waals surface area contributed by atoms with E-state index in [2.05, 4.69) is 29.7 Å². The number of amides is 2. The maximum absolute atomic E-state index is 14.1. The van der Waals surface area contributed by atoms with E-state index in [0.717, 1.165) is 36.5 Å². The monoisotopic (exact) mass is 607 g/mol. The molecule has 0 spiro atoms. The third-order valence-corrected chi connectivity index (χ3v) is 7.76. The molecule has 3 rings (SSSR count). The summed E-state index contributed by atoms with van der Waals surface area (Å²) in [6, 6.07) is 19.8. The number of benzene rings is 3. The van der Waals surface area contributed by atoms with Gasteiger partial charge in [-0.2, -0.15) is 0 Å². The Hall–Kier alpha value is -3.62. The zero-order valence-electron chi connectivity index (χ0n) is 26.2. The van der Waals surface area contributed by atoms with Crippen LogP contribution in [0.15, 0.2) is 72.8 Å².